The van der Waals surface area contributed by atoms with E-state index in [9.17, 15) is 41.9 Å². The van der Waals surface area contributed by atoms with E-state index in [4.69, 9.17) is 4.74 Å². The summed E-state index contributed by atoms with van der Waals surface area (Å²) < 4.78 is 49.0. The summed E-state index contributed by atoms with van der Waals surface area (Å²) in [6.07, 6.45) is 1.37. The first kappa shape index (κ1) is 50.7. The summed E-state index contributed by atoms with van der Waals surface area (Å²) in [5, 5.41) is 17.0. The Labute approximate surface area is 410 Å². The van der Waals surface area contributed by atoms with Gasteiger partial charge in [-0.3, -0.25) is 33.7 Å². The van der Waals surface area contributed by atoms with E-state index in [0.717, 1.165) is 35.9 Å². The third-order valence-corrected chi connectivity index (χ3v) is 14.0. The molecular formula is C52H60F3N9O7. The Morgan fingerprint density at radius 1 is 0.901 bits per heavy atom. The number of anilines is 3. The van der Waals surface area contributed by atoms with Crippen molar-refractivity contribution in [1.82, 2.24) is 31.1 Å². The van der Waals surface area contributed by atoms with Gasteiger partial charge in [-0.15, -0.1) is 0 Å². The molecule has 376 valence electrons. The van der Waals surface area contributed by atoms with Crippen LogP contribution in [0.2, 0.25) is 0 Å². The molecule has 4 aromatic carbocycles. The van der Waals surface area contributed by atoms with Crippen molar-refractivity contribution in [1.29, 1.82) is 0 Å². The molecule has 6 amide bonds. The zero-order valence-electron chi connectivity index (χ0n) is 40.2. The van der Waals surface area contributed by atoms with E-state index in [0.29, 0.717) is 67.9 Å². The summed E-state index contributed by atoms with van der Waals surface area (Å²) in [5.74, 6) is -5.89. The Bertz CT molecular complexity index is 2660. The molecule has 4 aromatic rings. The van der Waals surface area contributed by atoms with Crippen molar-refractivity contribution < 1.29 is 46.7 Å². The third-order valence-electron chi connectivity index (χ3n) is 14.0. The van der Waals surface area contributed by atoms with Crippen molar-refractivity contribution in [2.75, 3.05) is 75.1 Å². The second kappa shape index (κ2) is 21.8. The Morgan fingerprint density at radius 2 is 1.62 bits per heavy atom. The van der Waals surface area contributed by atoms with E-state index in [1.165, 1.54) is 29.2 Å². The molecule has 0 radical (unpaired) electrons. The van der Waals surface area contributed by atoms with Gasteiger partial charge in [-0.25, -0.2) is 13.2 Å². The number of ether oxygens (including phenoxy) is 1. The molecule has 6 N–H and O–H groups in total. The molecule has 2 fully saturated rings. The second-order valence-electron chi connectivity index (χ2n) is 19.1. The monoisotopic (exact) mass is 979 g/mol. The zero-order chi connectivity index (χ0) is 50.6. The van der Waals surface area contributed by atoms with Crippen molar-refractivity contribution in [3.63, 3.8) is 0 Å². The van der Waals surface area contributed by atoms with Crippen molar-refractivity contribution >= 4 is 52.5 Å². The molecule has 16 nitrogen and oxygen atoms in total. The van der Waals surface area contributed by atoms with Gasteiger partial charge >= 0.3 is 0 Å². The molecule has 0 aliphatic carbocycles. The third kappa shape index (κ3) is 11.3. The minimum Gasteiger partial charge on any atom is -0.381 e. The van der Waals surface area contributed by atoms with Gasteiger partial charge < -0.3 is 46.4 Å². The Kier molecular flexibility index (Phi) is 15.5. The van der Waals surface area contributed by atoms with Crippen LogP contribution in [0.4, 0.5) is 30.2 Å². The van der Waals surface area contributed by atoms with Crippen LogP contribution in [0.15, 0.2) is 78.9 Å². The van der Waals surface area contributed by atoms with Crippen LogP contribution in [0, 0.1) is 23.4 Å². The SMILES string of the molecule is CN[C@@H](C)C(=O)NC(C(=O)N1Cc2cc(NC(=O)CNC(=O)[C@]3(C)CN(C(=O)CN4CCN[C@H](C)C4)c4cc(Cc5ccc(F)cc5)ccc43)ccc2[C@H]1C(=O)Nc1c(F)cccc1F)C1CCOCC1. The minimum absolute atomic E-state index is 0.0299. The summed E-state index contributed by atoms with van der Waals surface area (Å²) in [7, 11) is 1.61. The first-order chi connectivity index (χ1) is 34.0. The highest BCUT2D eigenvalue weighted by Gasteiger charge is 2.48. The fourth-order valence-electron chi connectivity index (χ4n) is 9.96. The smallest absolute Gasteiger partial charge is 0.252 e. The lowest BCUT2D eigenvalue weighted by Crippen LogP contribution is -2.56. The number of fused-ring (bicyclic) bond motifs is 2. The maximum Gasteiger partial charge on any atom is 0.252 e. The molecule has 0 spiro atoms. The van der Waals surface area contributed by atoms with Gasteiger partial charge in [0.2, 0.25) is 29.5 Å². The fourth-order valence-corrected chi connectivity index (χ4v) is 9.96. The molecule has 4 aliphatic heterocycles. The molecule has 5 atom stereocenters. The number of nitrogens with zero attached hydrogens (tertiary/aromatic N) is 3. The highest BCUT2D eigenvalue weighted by Crippen LogP contribution is 2.43. The van der Waals surface area contributed by atoms with E-state index in [-0.39, 0.29) is 49.0 Å². The van der Waals surface area contributed by atoms with Crippen molar-refractivity contribution in [3.05, 3.63) is 124 Å². The van der Waals surface area contributed by atoms with Crippen LogP contribution >= 0.6 is 0 Å². The summed E-state index contributed by atoms with van der Waals surface area (Å²) >= 11 is 0. The first-order valence-corrected chi connectivity index (χ1v) is 24.0. The number of carbonyl (C=O) groups excluding carboxylic acids is 6. The van der Waals surface area contributed by atoms with Crippen LogP contribution in [-0.2, 0) is 51.9 Å². The molecule has 19 heteroatoms. The van der Waals surface area contributed by atoms with Crippen LogP contribution in [-0.4, -0.2) is 123 Å². The summed E-state index contributed by atoms with van der Waals surface area (Å²) in [6, 6.07) is 16.7. The average molecular weight is 980 g/mol. The number of hydrogen-bond donors (Lipinski definition) is 6. The number of hydrogen-bond acceptors (Lipinski definition) is 10. The number of piperazine rings is 1. The lowest BCUT2D eigenvalue weighted by molar-refractivity contribution is -0.144. The molecule has 2 saturated heterocycles. The first-order valence-electron chi connectivity index (χ1n) is 24.0. The van der Waals surface area contributed by atoms with Gasteiger partial charge in [-0.1, -0.05) is 36.4 Å². The standard InChI is InChI=1S/C52H60F3N9O7/c1-30-26-62(19-18-57-30)28-44(66)64-29-52(3,39-15-10-33(23-42(39)64)22-32-8-11-36(53)12-9-32)51(70)58-25-43(65)59-37-13-14-38-35(24-37)27-63(47(38)49(68)61-46-40(54)6-5-7-41(46)55)50(69)45(34-16-20-71-21-17-34)60-48(67)31(2)56-4/h5-15,23-24,30-31,34,45,47,56-57H,16-22,25-29H2,1-4H3,(H,58,70)(H,59,65)(H,60,67)(H,61,68)/t30-,31+,45?,47+,52-/m1/s1. The van der Waals surface area contributed by atoms with Crippen LogP contribution < -0.4 is 36.8 Å². The van der Waals surface area contributed by atoms with Crippen molar-refractivity contribution in [3.8, 4) is 0 Å². The van der Waals surface area contributed by atoms with E-state index < -0.39 is 76.9 Å². The molecule has 1 unspecified atom stereocenters. The molecule has 8 rings (SSSR count). The number of likely N-dealkylation sites (N-methyl/N-ethyl adjacent to an activating group) is 1. The van der Waals surface area contributed by atoms with Gasteiger partial charge in [-0.05, 0) is 123 Å². The Hall–Kier alpha value is -6.67. The highest BCUT2D eigenvalue weighted by atomic mass is 19.1. The molecular weight excluding hydrogens is 920 g/mol. The predicted octanol–water partition coefficient (Wildman–Crippen LogP) is 3.89. The topological polar surface area (TPSA) is 194 Å². The number of nitrogens with one attached hydrogen (secondary N) is 6. The Morgan fingerprint density at radius 3 is 2.32 bits per heavy atom. The number of amides is 6. The lowest BCUT2D eigenvalue weighted by Gasteiger charge is -2.35. The van der Waals surface area contributed by atoms with Crippen LogP contribution in [0.3, 0.4) is 0 Å². The van der Waals surface area contributed by atoms with Crippen LogP contribution in [0.25, 0.3) is 0 Å². The zero-order valence-corrected chi connectivity index (χ0v) is 40.2. The van der Waals surface area contributed by atoms with Crippen molar-refractivity contribution in [2.45, 2.75) is 76.2 Å². The molecule has 4 aliphatic rings. The summed E-state index contributed by atoms with van der Waals surface area (Å²) in [5.41, 5.74) is 2.07. The number of rotatable bonds is 15. The summed E-state index contributed by atoms with van der Waals surface area (Å²) in [6.45, 7) is 7.84. The molecule has 0 aromatic heterocycles. The van der Waals surface area contributed by atoms with Gasteiger partial charge in [0.1, 0.15) is 35.2 Å². The fraction of sp³-hybridized carbons (Fsp3) is 0.423. The molecule has 0 bridgehead atoms. The van der Waals surface area contributed by atoms with Gasteiger partial charge in [0.15, 0.2) is 0 Å². The predicted molar refractivity (Wildman–Crippen MR) is 260 cm³/mol. The normalized spacial score (nSPS) is 20.9. The summed E-state index contributed by atoms with van der Waals surface area (Å²) in [4.78, 5) is 89.1. The Balaban J connectivity index is 0.999. The van der Waals surface area contributed by atoms with Crippen LogP contribution in [0.1, 0.15) is 67.5 Å². The molecule has 71 heavy (non-hydrogen) atoms. The maximum atomic E-state index is 14.9. The van der Waals surface area contributed by atoms with E-state index in [2.05, 4.69) is 43.7 Å². The van der Waals surface area contributed by atoms with E-state index in [1.807, 2.05) is 18.2 Å². The number of carbonyl (C=O) groups is 6. The van der Waals surface area contributed by atoms with E-state index >= 15 is 0 Å². The minimum atomic E-state index is -1.39. The lowest BCUT2D eigenvalue weighted by atomic mass is 9.83. The number of halogens is 3. The van der Waals surface area contributed by atoms with Gasteiger partial charge in [0.25, 0.3) is 5.91 Å². The number of para-hydroxylation sites is 1. The quantitative estimate of drug-likeness (QED) is 0.102. The van der Waals surface area contributed by atoms with Crippen molar-refractivity contribution in [2.24, 2.45) is 5.92 Å². The number of benzene rings is 4. The molecule has 4 heterocycles. The highest BCUT2D eigenvalue weighted by molar-refractivity contribution is 6.04. The average Bonchev–Trinajstić information content (AvgIpc) is 3.89. The van der Waals surface area contributed by atoms with Gasteiger partial charge in [-0.2, -0.15) is 0 Å². The maximum absolute atomic E-state index is 14.9. The molecule has 0 saturated carbocycles. The second-order valence-corrected chi connectivity index (χ2v) is 19.1. The van der Waals surface area contributed by atoms with Gasteiger partial charge in [0, 0.05) is 63.4 Å². The van der Waals surface area contributed by atoms with E-state index in [1.54, 1.807) is 44.0 Å². The van der Waals surface area contributed by atoms with Gasteiger partial charge in [0.05, 0.1) is 24.5 Å². The largest absolute Gasteiger partial charge is 0.381 e. The van der Waals surface area contributed by atoms with Crippen LogP contribution in [0.5, 0.6) is 0 Å².